The Labute approximate surface area is 201 Å². The predicted octanol–water partition coefficient (Wildman–Crippen LogP) is 4.79. The molecule has 5 rings (SSSR count). The van der Waals surface area contributed by atoms with Crippen molar-refractivity contribution in [3.8, 4) is 23.1 Å². The summed E-state index contributed by atoms with van der Waals surface area (Å²) in [6.45, 7) is 7.77. The highest BCUT2D eigenvalue weighted by atomic mass is 32.2. The number of furan rings is 1. The second kappa shape index (κ2) is 9.42. The number of hydrogen-bond donors (Lipinski definition) is 0. The first-order valence-corrected chi connectivity index (χ1v) is 12.2. The van der Waals surface area contributed by atoms with Crippen LogP contribution in [0.1, 0.15) is 28.7 Å². The zero-order valence-corrected chi connectivity index (χ0v) is 20.2. The van der Waals surface area contributed by atoms with Gasteiger partial charge in [-0.2, -0.15) is 0 Å². The maximum absolute atomic E-state index is 13.1. The minimum Gasteiger partial charge on any atom is -0.486 e. The SMILES string of the molecule is CCn1c(SCC(=O)c2cc(C)n(CC3COc4ccccc4O3)c2C)nnc1-c1ccco1. The fraction of sp³-hybridized carbons (Fsp3) is 0.320. The summed E-state index contributed by atoms with van der Waals surface area (Å²) in [4.78, 5) is 13.1. The third-order valence-corrected chi connectivity index (χ3v) is 6.90. The molecular formula is C25H26N4O4S. The van der Waals surface area contributed by atoms with Crippen molar-refractivity contribution in [2.24, 2.45) is 0 Å². The van der Waals surface area contributed by atoms with Gasteiger partial charge in [0.2, 0.25) is 0 Å². The van der Waals surface area contributed by atoms with Gasteiger partial charge in [-0.1, -0.05) is 23.9 Å². The molecule has 34 heavy (non-hydrogen) atoms. The maximum Gasteiger partial charge on any atom is 0.200 e. The number of ether oxygens (including phenoxy) is 2. The first-order chi connectivity index (χ1) is 16.5. The van der Waals surface area contributed by atoms with Crippen molar-refractivity contribution in [1.29, 1.82) is 0 Å². The van der Waals surface area contributed by atoms with Gasteiger partial charge in [0.05, 0.1) is 18.6 Å². The Kier molecular flexibility index (Phi) is 6.19. The fourth-order valence-electron chi connectivity index (χ4n) is 4.20. The molecule has 0 aliphatic carbocycles. The van der Waals surface area contributed by atoms with Gasteiger partial charge < -0.3 is 18.5 Å². The lowest BCUT2D eigenvalue weighted by Gasteiger charge is -2.27. The number of hydrogen-bond acceptors (Lipinski definition) is 7. The van der Waals surface area contributed by atoms with Gasteiger partial charge in [-0.05, 0) is 51.1 Å². The third-order valence-electron chi connectivity index (χ3n) is 5.93. The molecule has 1 aromatic carbocycles. The van der Waals surface area contributed by atoms with Gasteiger partial charge in [-0.15, -0.1) is 10.2 Å². The number of nitrogens with zero attached hydrogens (tertiary/aromatic N) is 4. The van der Waals surface area contributed by atoms with Crippen LogP contribution in [0.5, 0.6) is 11.5 Å². The second-order valence-electron chi connectivity index (χ2n) is 8.13. The number of para-hydroxylation sites is 2. The van der Waals surface area contributed by atoms with E-state index in [9.17, 15) is 4.79 Å². The number of thioether (sulfide) groups is 1. The number of rotatable bonds is 8. The van der Waals surface area contributed by atoms with E-state index in [1.165, 1.54) is 11.8 Å². The maximum atomic E-state index is 13.1. The number of carbonyl (C=O) groups excluding carboxylic acids is 1. The van der Waals surface area contributed by atoms with Crippen LogP contribution in [0.15, 0.2) is 58.3 Å². The van der Waals surface area contributed by atoms with Crippen LogP contribution in [0.2, 0.25) is 0 Å². The van der Waals surface area contributed by atoms with Gasteiger partial charge in [0.25, 0.3) is 0 Å². The summed E-state index contributed by atoms with van der Waals surface area (Å²) in [5.41, 5.74) is 2.67. The molecule has 8 nitrogen and oxygen atoms in total. The average Bonchev–Trinajstić information content (AvgIpc) is 3.58. The molecule has 1 unspecified atom stereocenters. The van der Waals surface area contributed by atoms with E-state index >= 15 is 0 Å². The van der Waals surface area contributed by atoms with E-state index in [1.807, 2.05) is 67.8 Å². The number of carbonyl (C=O) groups is 1. The van der Waals surface area contributed by atoms with E-state index < -0.39 is 0 Å². The summed E-state index contributed by atoms with van der Waals surface area (Å²) in [7, 11) is 0. The molecular weight excluding hydrogens is 452 g/mol. The van der Waals surface area contributed by atoms with Gasteiger partial charge in [0.1, 0.15) is 6.61 Å². The molecule has 1 atom stereocenters. The van der Waals surface area contributed by atoms with Crippen molar-refractivity contribution < 1.29 is 18.7 Å². The fourth-order valence-corrected chi connectivity index (χ4v) is 5.08. The summed E-state index contributed by atoms with van der Waals surface area (Å²) in [5.74, 6) is 3.17. The van der Waals surface area contributed by atoms with Gasteiger partial charge in [0, 0.05) is 23.5 Å². The summed E-state index contributed by atoms with van der Waals surface area (Å²) >= 11 is 1.39. The van der Waals surface area contributed by atoms with Crippen LogP contribution in [-0.4, -0.2) is 43.6 Å². The molecule has 0 amide bonds. The first-order valence-electron chi connectivity index (χ1n) is 11.2. The van der Waals surface area contributed by atoms with Crippen molar-refractivity contribution in [1.82, 2.24) is 19.3 Å². The van der Waals surface area contributed by atoms with E-state index in [0.29, 0.717) is 36.4 Å². The smallest absolute Gasteiger partial charge is 0.200 e. The molecule has 4 aromatic rings. The normalized spacial score (nSPS) is 15.0. The lowest BCUT2D eigenvalue weighted by atomic mass is 10.2. The molecule has 0 bridgehead atoms. The number of fused-ring (bicyclic) bond motifs is 1. The third kappa shape index (κ3) is 4.23. The Morgan fingerprint density at radius 3 is 2.71 bits per heavy atom. The molecule has 0 fully saturated rings. The number of aromatic nitrogens is 4. The highest BCUT2D eigenvalue weighted by Crippen LogP contribution is 2.32. The van der Waals surface area contributed by atoms with Crippen molar-refractivity contribution in [3.05, 3.63) is 65.7 Å². The van der Waals surface area contributed by atoms with E-state index in [-0.39, 0.29) is 17.6 Å². The van der Waals surface area contributed by atoms with Crippen molar-refractivity contribution >= 4 is 17.5 Å². The Balaban J connectivity index is 1.27. The van der Waals surface area contributed by atoms with Crippen LogP contribution in [0, 0.1) is 13.8 Å². The van der Waals surface area contributed by atoms with E-state index in [1.54, 1.807) is 6.26 Å². The van der Waals surface area contributed by atoms with Crippen molar-refractivity contribution in [2.45, 2.75) is 45.1 Å². The van der Waals surface area contributed by atoms with E-state index in [4.69, 9.17) is 13.9 Å². The molecule has 0 radical (unpaired) electrons. The monoisotopic (exact) mass is 478 g/mol. The predicted molar refractivity (Wildman–Crippen MR) is 129 cm³/mol. The summed E-state index contributed by atoms with van der Waals surface area (Å²) in [6.07, 6.45) is 1.49. The van der Waals surface area contributed by atoms with Crippen LogP contribution < -0.4 is 9.47 Å². The highest BCUT2D eigenvalue weighted by molar-refractivity contribution is 7.99. The van der Waals surface area contributed by atoms with Gasteiger partial charge in [-0.3, -0.25) is 9.36 Å². The molecule has 0 saturated carbocycles. The number of benzene rings is 1. The zero-order chi connectivity index (χ0) is 23.7. The largest absolute Gasteiger partial charge is 0.486 e. The Morgan fingerprint density at radius 2 is 1.94 bits per heavy atom. The highest BCUT2D eigenvalue weighted by Gasteiger charge is 2.24. The van der Waals surface area contributed by atoms with Crippen molar-refractivity contribution in [2.75, 3.05) is 12.4 Å². The Hall–Kier alpha value is -3.46. The van der Waals surface area contributed by atoms with E-state index in [2.05, 4.69) is 14.8 Å². The lowest BCUT2D eigenvalue weighted by molar-refractivity contribution is 0.0777. The standard InChI is InChI=1S/C25H26N4O4S/c1-4-28-24(23-10-7-11-31-23)26-27-25(28)34-15-20(30)19-12-16(2)29(17(19)3)13-18-14-32-21-8-5-6-9-22(21)33-18/h5-12,18H,4,13-15H2,1-3H3. The quantitative estimate of drug-likeness (QED) is 0.266. The molecule has 1 aliphatic rings. The Bertz CT molecular complexity index is 1310. The summed E-state index contributed by atoms with van der Waals surface area (Å²) in [6, 6.07) is 13.3. The summed E-state index contributed by atoms with van der Waals surface area (Å²) in [5, 5.41) is 9.23. The van der Waals surface area contributed by atoms with Crippen LogP contribution >= 0.6 is 11.8 Å². The molecule has 0 saturated heterocycles. The second-order valence-corrected chi connectivity index (χ2v) is 9.08. The molecule has 4 heterocycles. The molecule has 176 valence electrons. The zero-order valence-electron chi connectivity index (χ0n) is 19.4. The van der Waals surface area contributed by atoms with Crippen LogP contribution in [0.4, 0.5) is 0 Å². The molecule has 3 aromatic heterocycles. The molecule has 9 heteroatoms. The van der Waals surface area contributed by atoms with Crippen LogP contribution in [0.3, 0.4) is 0 Å². The minimum absolute atomic E-state index is 0.0562. The van der Waals surface area contributed by atoms with Crippen LogP contribution in [-0.2, 0) is 13.1 Å². The lowest BCUT2D eigenvalue weighted by Crippen LogP contribution is -2.33. The Morgan fingerprint density at radius 1 is 1.12 bits per heavy atom. The molecule has 0 N–H and O–H groups in total. The summed E-state index contributed by atoms with van der Waals surface area (Å²) < 4.78 is 21.5. The number of aryl methyl sites for hydroxylation is 1. The topological polar surface area (TPSA) is 84.3 Å². The number of ketones is 1. The minimum atomic E-state index is -0.125. The van der Waals surface area contributed by atoms with Gasteiger partial charge >= 0.3 is 0 Å². The van der Waals surface area contributed by atoms with Crippen molar-refractivity contribution in [3.63, 3.8) is 0 Å². The van der Waals surface area contributed by atoms with E-state index in [0.717, 1.165) is 28.5 Å². The molecule has 0 spiro atoms. The molecule has 1 aliphatic heterocycles. The average molecular weight is 479 g/mol. The number of Topliss-reactive ketones (excluding diaryl/α,β-unsaturated/α-hetero) is 1. The van der Waals surface area contributed by atoms with Crippen LogP contribution in [0.25, 0.3) is 11.6 Å². The first kappa shape index (κ1) is 22.3. The van der Waals surface area contributed by atoms with Gasteiger partial charge in [0.15, 0.2) is 40.1 Å². The van der Waals surface area contributed by atoms with Gasteiger partial charge in [-0.25, -0.2) is 0 Å².